The van der Waals surface area contributed by atoms with E-state index in [0.29, 0.717) is 21.6 Å². The molecule has 2 aromatic carbocycles. The van der Waals surface area contributed by atoms with Gasteiger partial charge in [0.2, 0.25) is 5.82 Å². The Labute approximate surface area is 161 Å². The summed E-state index contributed by atoms with van der Waals surface area (Å²) in [5.74, 6) is -0.829. The van der Waals surface area contributed by atoms with Crippen LogP contribution < -0.4 is 5.32 Å². The molecule has 0 atom stereocenters. The normalized spacial score (nSPS) is 11.5. The molecule has 0 aliphatic heterocycles. The molecule has 0 bridgehead atoms. The summed E-state index contributed by atoms with van der Waals surface area (Å²) in [6, 6.07) is 9.31. The van der Waals surface area contributed by atoms with E-state index in [1.165, 1.54) is 22.9 Å². The van der Waals surface area contributed by atoms with Gasteiger partial charge in [-0.25, -0.2) is 9.67 Å². The molecular formula is C17H11Cl2F3N4O. The average molecular weight is 415 g/mol. The molecule has 0 aliphatic rings. The Bertz CT molecular complexity index is 997. The van der Waals surface area contributed by atoms with Crippen molar-refractivity contribution in [1.82, 2.24) is 14.8 Å². The summed E-state index contributed by atoms with van der Waals surface area (Å²) in [7, 11) is 0. The summed E-state index contributed by atoms with van der Waals surface area (Å²) in [5, 5.41) is 6.96. The largest absolute Gasteiger partial charge is 0.418 e. The molecule has 0 saturated heterocycles. The van der Waals surface area contributed by atoms with E-state index in [-0.39, 0.29) is 11.5 Å². The van der Waals surface area contributed by atoms with Crippen LogP contribution in [0.5, 0.6) is 0 Å². The maximum atomic E-state index is 13.1. The van der Waals surface area contributed by atoms with Crippen LogP contribution in [0, 0.1) is 6.92 Å². The lowest BCUT2D eigenvalue weighted by Crippen LogP contribution is -2.18. The molecule has 0 radical (unpaired) electrons. The highest BCUT2D eigenvalue weighted by molar-refractivity contribution is 6.34. The molecule has 10 heteroatoms. The van der Waals surface area contributed by atoms with Crippen LogP contribution in [0.25, 0.3) is 5.69 Å². The minimum Gasteiger partial charge on any atom is -0.319 e. The second-order valence-corrected chi connectivity index (χ2v) is 6.39. The van der Waals surface area contributed by atoms with Gasteiger partial charge in [-0.3, -0.25) is 4.79 Å². The molecular weight excluding hydrogens is 404 g/mol. The zero-order chi connectivity index (χ0) is 19.8. The van der Waals surface area contributed by atoms with Gasteiger partial charge in [-0.15, -0.1) is 5.10 Å². The number of para-hydroxylation sites is 1. The number of carbonyl (C=O) groups excluding carboxylic acids is 1. The number of aromatic nitrogens is 3. The number of aryl methyl sites for hydroxylation is 1. The first-order valence-electron chi connectivity index (χ1n) is 7.53. The molecule has 140 valence electrons. The molecule has 0 saturated carbocycles. The van der Waals surface area contributed by atoms with Gasteiger partial charge < -0.3 is 5.32 Å². The fourth-order valence-corrected chi connectivity index (χ4v) is 2.92. The Morgan fingerprint density at radius 1 is 1.11 bits per heavy atom. The lowest BCUT2D eigenvalue weighted by Gasteiger charge is -2.12. The average Bonchev–Trinajstić information content (AvgIpc) is 2.95. The maximum Gasteiger partial charge on any atom is 0.418 e. The number of hydrogen-bond acceptors (Lipinski definition) is 3. The predicted octanol–water partition coefficient (Wildman–Crippen LogP) is 5.15. The van der Waals surface area contributed by atoms with Gasteiger partial charge in [0.25, 0.3) is 5.91 Å². The monoisotopic (exact) mass is 414 g/mol. The maximum absolute atomic E-state index is 13.1. The Morgan fingerprint density at radius 3 is 2.37 bits per heavy atom. The molecule has 1 aromatic heterocycles. The summed E-state index contributed by atoms with van der Waals surface area (Å²) in [6.07, 6.45) is -4.61. The summed E-state index contributed by atoms with van der Waals surface area (Å²) in [5.41, 5.74) is -0.877. The van der Waals surface area contributed by atoms with Gasteiger partial charge in [0, 0.05) is 10.0 Å². The number of alkyl halides is 3. The van der Waals surface area contributed by atoms with Gasteiger partial charge in [-0.2, -0.15) is 13.2 Å². The van der Waals surface area contributed by atoms with Crippen molar-refractivity contribution in [3.63, 3.8) is 0 Å². The summed E-state index contributed by atoms with van der Waals surface area (Å²) in [4.78, 5) is 16.4. The van der Waals surface area contributed by atoms with Crippen LogP contribution in [-0.4, -0.2) is 20.7 Å². The third kappa shape index (κ3) is 4.23. The molecule has 3 rings (SSSR count). The van der Waals surface area contributed by atoms with Crippen molar-refractivity contribution in [1.29, 1.82) is 0 Å². The first-order chi connectivity index (χ1) is 12.6. The van der Waals surface area contributed by atoms with Crippen LogP contribution in [0.2, 0.25) is 10.0 Å². The van der Waals surface area contributed by atoms with Gasteiger partial charge in [0.1, 0.15) is 5.82 Å². The smallest absolute Gasteiger partial charge is 0.319 e. The zero-order valence-electron chi connectivity index (χ0n) is 13.7. The van der Waals surface area contributed by atoms with Crippen LogP contribution in [0.4, 0.5) is 18.9 Å². The van der Waals surface area contributed by atoms with Crippen molar-refractivity contribution in [3.05, 3.63) is 69.7 Å². The van der Waals surface area contributed by atoms with Gasteiger partial charge in [-0.1, -0.05) is 35.3 Å². The summed E-state index contributed by atoms with van der Waals surface area (Å²) in [6.45, 7) is 1.59. The molecule has 0 spiro atoms. The van der Waals surface area contributed by atoms with Gasteiger partial charge >= 0.3 is 6.18 Å². The quantitative estimate of drug-likeness (QED) is 0.644. The first kappa shape index (κ1) is 19.2. The fraction of sp³-hybridized carbons (Fsp3) is 0.118. The second-order valence-electron chi connectivity index (χ2n) is 5.52. The molecule has 0 unspecified atom stereocenters. The molecule has 0 aliphatic carbocycles. The number of amides is 1. The van der Waals surface area contributed by atoms with Gasteiger partial charge in [0.05, 0.1) is 16.9 Å². The molecule has 1 heterocycles. The highest BCUT2D eigenvalue weighted by Crippen LogP contribution is 2.34. The topological polar surface area (TPSA) is 59.8 Å². The molecule has 27 heavy (non-hydrogen) atoms. The van der Waals surface area contributed by atoms with E-state index in [9.17, 15) is 18.0 Å². The molecule has 1 N–H and O–H groups in total. The van der Waals surface area contributed by atoms with Gasteiger partial charge in [-0.05, 0) is 37.3 Å². The fourth-order valence-electron chi connectivity index (χ4n) is 2.41. The minimum atomic E-state index is -4.61. The zero-order valence-corrected chi connectivity index (χ0v) is 15.2. The van der Waals surface area contributed by atoms with E-state index < -0.39 is 17.6 Å². The van der Waals surface area contributed by atoms with Crippen molar-refractivity contribution in [3.8, 4) is 5.69 Å². The van der Waals surface area contributed by atoms with Crippen molar-refractivity contribution < 1.29 is 18.0 Å². The van der Waals surface area contributed by atoms with E-state index in [2.05, 4.69) is 15.4 Å². The number of benzene rings is 2. The predicted molar refractivity (Wildman–Crippen MR) is 95.5 cm³/mol. The standard InChI is InChI=1S/C17H11Cl2F3N4O/c1-9-23-15(25-26(9)12-7-10(18)6-11(19)8-12)16(27)24-14-5-3-2-4-13(14)17(20,21)22/h2-8H,1H3,(H,24,27). The third-order valence-corrected chi connectivity index (χ3v) is 3.98. The van der Waals surface area contributed by atoms with Crippen molar-refractivity contribution in [2.45, 2.75) is 13.1 Å². The number of rotatable bonds is 3. The number of halogens is 5. The van der Waals surface area contributed by atoms with E-state index in [0.717, 1.165) is 12.1 Å². The van der Waals surface area contributed by atoms with Gasteiger partial charge in [0.15, 0.2) is 0 Å². The molecule has 3 aromatic rings. The van der Waals surface area contributed by atoms with Crippen LogP contribution in [0.15, 0.2) is 42.5 Å². The van der Waals surface area contributed by atoms with E-state index in [4.69, 9.17) is 23.2 Å². The lowest BCUT2D eigenvalue weighted by molar-refractivity contribution is -0.136. The number of anilines is 1. The van der Waals surface area contributed by atoms with Crippen LogP contribution >= 0.6 is 23.2 Å². The molecule has 5 nitrogen and oxygen atoms in total. The molecule has 1 amide bonds. The number of nitrogens with zero attached hydrogens (tertiary/aromatic N) is 3. The SMILES string of the molecule is Cc1nc(C(=O)Nc2ccccc2C(F)(F)F)nn1-c1cc(Cl)cc(Cl)c1. The Hall–Kier alpha value is -2.58. The Balaban J connectivity index is 1.92. The third-order valence-electron chi connectivity index (χ3n) is 3.54. The van der Waals surface area contributed by atoms with E-state index in [1.807, 2.05) is 0 Å². The summed E-state index contributed by atoms with van der Waals surface area (Å²) < 4.78 is 40.5. The number of hydrogen-bond donors (Lipinski definition) is 1. The van der Waals surface area contributed by atoms with E-state index in [1.54, 1.807) is 19.1 Å². The number of nitrogens with one attached hydrogen (secondary N) is 1. The highest BCUT2D eigenvalue weighted by Gasteiger charge is 2.33. The second kappa shape index (κ2) is 7.21. The first-order valence-corrected chi connectivity index (χ1v) is 8.28. The highest BCUT2D eigenvalue weighted by atomic mass is 35.5. The van der Waals surface area contributed by atoms with Crippen LogP contribution in [0.1, 0.15) is 22.0 Å². The van der Waals surface area contributed by atoms with Crippen molar-refractivity contribution >= 4 is 34.8 Å². The van der Waals surface area contributed by atoms with Crippen LogP contribution in [-0.2, 0) is 6.18 Å². The van der Waals surface area contributed by atoms with Crippen molar-refractivity contribution in [2.75, 3.05) is 5.32 Å². The molecule has 0 fully saturated rings. The Kier molecular flexibility index (Phi) is 5.12. The van der Waals surface area contributed by atoms with Crippen LogP contribution in [0.3, 0.4) is 0 Å². The summed E-state index contributed by atoms with van der Waals surface area (Å²) >= 11 is 11.9. The van der Waals surface area contributed by atoms with E-state index >= 15 is 0 Å². The Morgan fingerprint density at radius 2 is 1.74 bits per heavy atom. The lowest BCUT2D eigenvalue weighted by atomic mass is 10.1. The number of carbonyl (C=O) groups is 1. The van der Waals surface area contributed by atoms with Crippen molar-refractivity contribution in [2.24, 2.45) is 0 Å². The minimum absolute atomic E-state index is 0.291.